The topological polar surface area (TPSA) is 41.6 Å². The molecule has 2 rings (SSSR count). The zero-order valence-electron chi connectivity index (χ0n) is 11.9. The summed E-state index contributed by atoms with van der Waals surface area (Å²) >= 11 is 5.93. The second-order valence-corrected chi connectivity index (χ2v) is 5.44. The molecule has 0 saturated carbocycles. The van der Waals surface area contributed by atoms with Gasteiger partial charge in [0.25, 0.3) is 0 Å². The molecular formula is C15H21ClN2O2. The Bertz CT molecular complexity index is 450. The Morgan fingerprint density at radius 1 is 1.45 bits per heavy atom. The molecule has 0 bridgehead atoms. The summed E-state index contributed by atoms with van der Waals surface area (Å²) in [7, 11) is 1.91. The molecule has 1 aromatic rings. The normalized spacial score (nSPS) is 21.1. The largest absolute Gasteiger partial charge is 0.369 e. The molecule has 0 aromatic heterocycles. The maximum absolute atomic E-state index is 12.3. The summed E-state index contributed by atoms with van der Waals surface area (Å²) in [6.45, 7) is 3.59. The second kappa shape index (κ2) is 7.07. The first-order valence-corrected chi connectivity index (χ1v) is 7.34. The van der Waals surface area contributed by atoms with Gasteiger partial charge in [0.1, 0.15) is 6.61 Å². The zero-order chi connectivity index (χ0) is 14.5. The summed E-state index contributed by atoms with van der Waals surface area (Å²) in [6, 6.07) is 7.78. The summed E-state index contributed by atoms with van der Waals surface area (Å²) < 4.78 is 5.44. The number of halogens is 1. The standard InChI is InChI=1S/C15H21ClN2O2/c1-3-13(8-17-2)18-14(9-20-10-15(18)19)11-4-6-12(16)7-5-11/h4-7,13-14,17H,3,8-10H2,1-2H3. The van der Waals surface area contributed by atoms with Crippen LogP contribution in [0, 0.1) is 0 Å². The molecule has 1 fully saturated rings. The number of ether oxygens (including phenoxy) is 1. The third-order valence-corrected chi connectivity index (χ3v) is 3.94. The average Bonchev–Trinajstić information content (AvgIpc) is 2.46. The Labute approximate surface area is 125 Å². The lowest BCUT2D eigenvalue weighted by Crippen LogP contribution is -2.52. The number of nitrogens with zero attached hydrogens (tertiary/aromatic N) is 1. The molecule has 110 valence electrons. The molecule has 0 aliphatic carbocycles. The predicted octanol–water partition coefficient (Wildman–Crippen LogP) is 2.24. The van der Waals surface area contributed by atoms with Crippen molar-refractivity contribution in [2.45, 2.75) is 25.4 Å². The maximum Gasteiger partial charge on any atom is 0.249 e. The Morgan fingerprint density at radius 2 is 2.15 bits per heavy atom. The molecule has 2 atom stereocenters. The lowest BCUT2D eigenvalue weighted by molar-refractivity contribution is -0.152. The molecule has 4 nitrogen and oxygen atoms in total. The minimum Gasteiger partial charge on any atom is -0.369 e. The molecule has 1 aliphatic heterocycles. The third-order valence-electron chi connectivity index (χ3n) is 3.68. The van der Waals surface area contributed by atoms with Crippen molar-refractivity contribution in [2.75, 3.05) is 26.8 Å². The quantitative estimate of drug-likeness (QED) is 0.906. The number of nitrogens with one attached hydrogen (secondary N) is 1. The van der Waals surface area contributed by atoms with Crippen LogP contribution >= 0.6 is 11.6 Å². The highest BCUT2D eigenvalue weighted by molar-refractivity contribution is 6.30. The van der Waals surface area contributed by atoms with E-state index in [1.165, 1.54) is 0 Å². The number of carbonyl (C=O) groups excluding carboxylic acids is 1. The van der Waals surface area contributed by atoms with E-state index in [4.69, 9.17) is 16.3 Å². The number of morpholine rings is 1. The molecule has 1 aliphatic rings. The van der Waals surface area contributed by atoms with Crippen LogP contribution < -0.4 is 5.32 Å². The summed E-state index contributed by atoms with van der Waals surface area (Å²) in [4.78, 5) is 14.2. The highest BCUT2D eigenvalue weighted by atomic mass is 35.5. The lowest BCUT2D eigenvalue weighted by Gasteiger charge is -2.41. The van der Waals surface area contributed by atoms with Crippen molar-refractivity contribution < 1.29 is 9.53 Å². The van der Waals surface area contributed by atoms with E-state index in [0.717, 1.165) is 18.5 Å². The SMILES string of the molecule is CCC(CNC)N1C(=O)COCC1c1ccc(Cl)cc1. The van der Waals surface area contributed by atoms with Gasteiger partial charge in [-0.25, -0.2) is 0 Å². The monoisotopic (exact) mass is 296 g/mol. The van der Waals surface area contributed by atoms with Crippen molar-refractivity contribution in [2.24, 2.45) is 0 Å². The molecule has 1 saturated heterocycles. The fourth-order valence-electron chi connectivity index (χ4n) is 2.66. The zero-order valence-corrected chi connectivity index (χ0v) is 12.7. The number of rotatable bonds is 5. The minimum absolute atomic E-state index is 0.0354. The molecule has 0 spiro atoms. The van der Waals surface area contributed by atoms with Gasteiger partial charge >= 0.3 is 0 Å². The van der Waals surface area contributed by atoms with E-state index in [1.807, 2.05) is 36.2 Å². The van der Waals surface area contributed by atoms with E-state index in [1.54, 1.807) is 0 Å². The van der Waals surface area contributed by atoms with Crippen molar-refractivity contribution in [1.29, 1.82) is 0 Å². The molecule has 0 radical (unpaired) electrons. The van der Waals surface area contributed by atoms with Gasteiger partial charge in [0.2, 0.25) is 5.91 Å². The Morgan fingerprint density at radius 3 is 2.75 bits per heavy atom. The van der Waals surface area contributed by atoms with Gasteiger partial charge in [0.05, 0.1) is 12.6 Å². The number of amides is 1. The maximum atomic E-state index is 12.3. The van der Waals surface area contributed by atoms with Gasteiger partial charge in [-0.2, -0.15) is 0 Å². The van der Waals surface area contributed by atoms with E-state index in [2.05, 4.69) is 12.2 Å². The molecular weight excluding hydrogens is 276 g/mol. The third kappa shape index (κ3) is 3.32. The molecule has 1 heterocycles. The number of benzene rings is 1. The van der Waals surface area contributed by atoms with E-state index >= 15 is 0 Å². The van der Waals surface area contributed by atoms with E-state index < -0.39 is 0 Å². The van der Waals surface area contributed by atoms with Crippen molar-refractivity contribution in [3.8, 4) is 0 Å². The van der Waals surface area contributed by atoms with Crippen molar-refractivity contribution in [1.82, 2.24) is 10.2 Å². The lowest BCUT2D eigenvalue weighted by atomic mass is 10.0. The van der Waals surface area contributed by atoms with Gasteiger partial charge < -0.3 is 15.0 Å². The average molecular weight is 297 g/mol. The summed E-state index contributed by atoms with van der Waals surface area (Å²) in [6.07, 6.45) is 0.913. The van der Waals surface area contributed by atoms with Crippen LogP contribution in [-0.4, -0.2) is 43.7 Å². The van der Waals surface area contributed by atoms with E-state index in [0.29, 0.717) is 11.6 Å². The van der Waals surface area contributed by atoms with Crippen molar-refractivity contribution in [3.63, 3.8) is 0 Å². The first-order chi connectivity index (χ1) is 9.67. The van der Waals surface area contributed by atoms with Crippen LogP contribution in [0.1, 0.15) is 24.9 Å². The van der Waals surface area contributed by atoms with Gasteiger partial charge in [-0.1, -0.05) is 30.7 Å². The van der Waals surface area contributed by atoms with Gasteiger partial charge in [-0.15, -0.1) is 0 Å². The Kier molecular flexibility index (Phi) is 5.40. The molecule has 2 unspecified atom stereocenters. The number of hydrogen-bond donors (Lipinski definition) is 1. The van der Waals surface area contributed by atoms with E-state index in [-0.39, 0.29) is 24.6 Å². The molecule has 20 heavy (non-hydrogen) atoms. The van der Waals surface area contributed by atoms with Gasteiger partial charge in [-0.3, -0.25) is 4.79 Å². The van der Waals surface area contributed by atoms with Gasteiger partial charge in [0.15, 0.2) is 0 Å². The number of likely N-dealkylation sites (N-methyl/N-ethyl adjacent to an activating group) is 1. The van der Waals surface area contributed by atoms with Crippen LogP contribution in [0.4, 0.5) is 0 Å². The van der Waals surface area contributed by atoms with Crippen molar-refractivity contribution >= 4 is 17.5 Å². The van der Waals surface area contributed by atoms with Crippen molar-refractivity contribution in [3.05, 3.63) is 34.9 Å². The predicted molar refractivity (Wildman–Crippen MR) is 79.9 cm³/mol. The van der Waals surface area contributed by atoms with Crippen LogP contribution in [0.25, 0.3) is 0 Å². The molecule has 1 aromatic carbocycles. The molecule has 5 heteroatoms. The summed E-state index contributed by atoms with van der Waals surface area (Å²) in [5, 5.41) is 3.86. The summed E-state index contributed by atoms with van der Waals surface area (Å²) in [5.74, 6) is 0.0540. The second-order valence-electron chi connectivity index (χ2n) is 5.00. The highest BCUT2D eigenvalue weighted by Crippen LogP contribution is 2.28. The minimum atomic E-state index is -0.0354. The summed E-state index contributed by atoms with van der Waals surface area (Å²) in [5.41, 5.74) is 1.07. The fourth-order valence-corrected chi connectivity index (χ4v) is 2.79. The van der Waals surface area contributed by atoms with Crippen LogP contribution in [0.15, 0.2) is 24.3 Å². The molecule has 1 N–H and O–H groups in total. The molecule has 1 amide bonds. The first kappa shape index (κ1) is 15.3. The fraction of sp³-hybridized carbons (Fsp3) is 0.533. The highest BCUT2D eigenvalue weighted by Gasteiger charge is 2.34. The number of hydrogen-bond acceptors (Lipinski definition) is 3. The van der Waals surface area contributed by atoms with Gasteiger partial charge in [-0.05, 0) is 31.2 Å². The van der Waals surface area contributed by atoms with Crippen LogP contribution in [0.2, 0.25) is 5.02 Å². The smallest absolute Gasteiger partial charge is 0.249 e. The van der Waals surface area contributed by atoms with Crippen LogP contribution in [0.3, 0.4) is 0 Å². The van der Waals surface area contributed by atoms with E-state index in [9.17, 15) is 4.79 Å². The van der Waals surface area contributed by atoms with Gasteiger partial charge in [0, 0.05) is 17.6 Å². The number of carbonyl (C=O) groups is 1. The Hall–Kier alpha value is -1.10. The van der Waals surface area contributed by atoms with Crippen LogP contribution in [0.5, 0.6) is 0 Å². The van der Waals surface area contributed by atoms with Crippen LogP contribution in [-0.2, 0) is 9.53 Å². The Balaban J connectivity index is 2.27. The first-order valence-electron chi connectivity index (χ1n) is 6.96.